The molecule has 12 heavy (non-hydrogen) atoms. The Kier molecular flexibility index (Phi) is 2.47. The van der Waals surface area contributed by atoms with Crippen molar-refractivity contribution < 1.29 is 4.79 Å². The van der Waals surface area contributed by atoms with Crippen LogP contribution in [0.4, 0.5) is 0 Å². The van der Waals surface area contributed by atoms with Crippen molar-refractivity contribution in [3.63, 3.8) is 0 Å². The summed E-state index contributed by atoms with van der Waals surface area (Å²) in [6, 6.07) is 0. The zero-order valence-corrected chi connectivity index (χ0v) is 7.59. The summed E-state index contributed by atoms with van der Waals surface area (Å²) in [5.74, 6) is 0.0743. The number of carbonyl (C=O) groups excluding carboxylic acids is 1. The number of aromatic nitrogens is 2. The van der Waals surface area contributed by atoms with Crippen LogP contribution in [0.3, 0.4) is 0 Å². The van der Waals surface area contributed by atoms with Crippen molar-refractivity contribution in [2.75, 3.05) is 14.1 Å². The molecule has 1 rings (SSSR count). The molecule has 0 saturated heterocycles. The number of H-pyrrole nitrogens is 1. The van der Waals surface area contributed by atoms with Crippen LogP contribution in [0.5, 0.6) is 0 Å². The first kappa shape index (κ1) is 8.77. The predicted octanol–water partition coefficient (Wildman–Crippen LogP) is 0.349. The van der Waals surface area contributed by atoms with E-state index >= 15 is 0 Å². The number of nitrogens with one attached hydrogen (secondary N) is 1. The molecule has 1 aromatic rings. The monoisotopic (exact) mass is 167 g/mol. The summed E-state index contributed by atoms with van der Waals surface area (Å²) in [5.41, 5.74) is 1.79. The maximum atomic E-state index is 11.2. The average Bonchev–Trinajstić information content (AvgIpc) is 2.36. The van der Waals surface area contributed by atoms with Gasteiger partial charge in [0.25, 0.3) is 0 Å². The molecule has 1 heterocycles. The highest BCUT2D eigenvalue weighted by Crippen LogP contribution is 2.02. The molecule has 66 valence electrons. The highest BCUT2D eigenvalue weighted by molar-refractivity contribution is 5.77. The Bertz CT molecular complexity index is 278. The Morgan fingerprint density at radius 3 is 2.75 bits per heavy atom. The van der Waals surface area contributed by atoms with Crippen LogP contribution < -0.4 is 0 Å². The van der Waals surface area contributed by atoms with Crippen LogP contribution >= 0.6 is 0 Å². The lowest BCUT2D eigenvalue weighted by molar-refractivity contribution is -0.128. The molecule has 1 amide bonds. The largest absolute Gasteiger partial charge is 0.348 e. The molecule has 0 atom stereocenters. The van der Waals surface area contributed by atoms with Gasteiger partial charge in [-0.05, 0) is 6.92 Å². The Morgan fingerprint density at radius 2 is 2.33 bits per heavy atom. The number of imidazole rings is 1. The van der Waals surface area contributed by atoms with E-state index in [0.29, 0.717) is 6.42 Å². The second-order valence-electron chi connectivity index (χ2n) is 2.94. The number of hydrogen-bond donors (Lipinski definition) is 1. The molecule has 0 aliphatic carbocycles. The number of carbonyl (C=O) groups is 1. The van der Waals surface area contributed by atoms with Gasteiger partial charge >= 0.3 is 0 Å². The Balaban J connectivity index is 2.64. The number of nitrogens with zero attached hydrogens (tertiary/aromatic N) is 2. The topological polar surface area (TPSA) is 49.0 Å². The van der Waals surface area contributed by atoms with E-state index in [1.54, 1.807) is 25.3 Å². The van der Waals surface area contributed by atoms with E-state index in [2.05, 4.69) is 9.97 Å². The fourth-order valence-corrected chi connectivity index (χ4v) is 0.867. The van der Waals surface area contributed by atoms with Gasteiger partial charge in [0.2, 0.25) is 5.91 Å². The van der Waals surface area contributed by atoms with Crippen LogP contribution in [0.25, 0.3) is 0 Å². The molecule has 0 unspecified atom stereocenters. The van der Waals surface area contributed by atoms with Crippen molar-refractivity contribution >= 4 is 5.91 Å². The number of rotatable bonds is 2. The number of hydrogen-bond acceptors (Lipinski definition) is 2. The molecular weight excluding hydrogens is 154 g/mol. The molecule has 4 heteroatoms. The fourth-order valence-electron chi connectivity index (χ4n) is 0.867. The third kappa shape index (κ3) is 1.84. The summed E-state index contributed by atoms with van der Waals surface area (Å²) in [5, 5.41) is 0. The minimum Gasteiger partial charge on any atom is -0.348 e. The van der Waals surface area contributed by atoms with Crippen molar-refractivity contribution in [1.82, 2.24) is 14.9 Å². The molecule has 0 saturated carbocycles. The van der Waals surface area contributed by atoms with Crippen molar-refractivity contribution in [2.45, 2.75) is 13.3 Å². The van der Waals surface area contributed by atoms with Crippen LogP contribution in [-0.4, -0.2) is 34.9 Å². The minimum absolute atomic E-state index is 0.0743. The average molecular weight is 167 g/mol. The van der Waals surface area contributed by atoms with Gasteiger partial charge in [-0.1, -0.05) is 0 Å². The number of aromatic amines is 1. The molecule has 1 N–H and O–H groups in total. The molecule has 0 spiro atoms. The van der Waals surface area contributed by atoms with Crippen LogP contribution in [0.2, 0.25) is 0 Å². The van der Waals surface area contributed by atoms with Crippen LogP contribution in [-0.2, 0) is 11.2 Å². The van der Waals surface area contributed by atoms with E-state index in [4.69, 9.17) is 0 Å². The van der Waals surface area contributed by atoms with Gasteiger partial charge < -0.3 is 9.88 Å². The van der Waals surface area contributed by atoms with Gasteiger partial charge in [0.05, 0.1) is 18.4 Å². The van der Waals surface area contributed by atoms with Gasteiger partial charge in [0.15, 0.2) is 0 Å². The van der Waals surface area contributed by atoms with Gasteiger partial charge in [0.1, 0.15) is 0 Å². The Labute approximate surface area is 71.6 Å². The summed E-state index contributed by atoms with van der Waals surface area (Å²) in [4.78, 5) is 19.8. The number of amides is 1. The maximum absolute atomic E-state index is 11.2. The quantitative estimate of drug-likeness (QED) is 0.691. The van der Waals surface area contributed by atoms with Crippen molar-refractivity contribution in [3.05, 3.63) is 17.7 Å². The molecular formula is C8H13N3O. The Morgan fingerprint density at radius 1 is 1.67 bits per heavy atom. The summed E-state index contributed by atoms with van der Waals surface area (Å²) in [7, 11) is 3.48. The van der Waals surface area contributed by atoms with Crippen molar-refractivity contribution in [3.8, 4) is 0 Å². The van der Waals surface area contributed by atoms with E-state index in [1.165, 1.54) is 0 Å². The first-order valence-corrected chi connectivity index (χ1v) is 3.80. The minimum atomic E-state index is 0.0743. The fraction of sp³-hybridized carbons (Fsp3) is 0.500. The first-order valence-electron chi connectivity index (χ1n) is 3.80. The summed E-state index contributed by atoms with van der Waals surface area (Å²) < 4.78 is 0. The lowest BCUT2D eigenvalue weighted by Crippen LogP contribution is -2.23. The molecule has 1 aromatic heterocycles. The molecule has 0 aromatic carbocycles. The van der Waals surface area contributed by atoms with Crippen molar-refractivity contribution in [1.29, 1.82) is 0 Å². The lowest BCUT2D eigenvalue weighted by atomic mass is 10.2. The predicted molar refractivity (Wildman–Crippen MR) is 45.7 cm³/mol. The van der Waals surface area contributed by atoms with E-state index < -0.39 is 0 Å². The second kappa shape index (κ2) is 3.38. The molecule has 0 fully saturated rings. The van der Waals surface area contributed by atoms with E-state index in [-0.39, 0.29) is 5.91 Å². The molecule has 0 aliphatic heterocycles. The third-order valence-electron chi connectivity index (χ3n) is 1.75. The highest BCUT2D eigenvalue weighted by atomic mass is 16.2. The lowest BCUT2D eigenvalue weighted by Gasteiger charge is -2.08. The van der Waals surface area contributed by atoms with Crippen LogP contribution in [0, 0.1) is 6.92 Å². The summed E-state index contributed by atoms with van der Waals surface area (Å²) in [6.07, 6.45) is 1.98. The van der Waals surface area contributed by atoms with Gasteiger partial charge in [-0.2, -0.15) is 0 Å². The van der Waals surface area contributed by atoms with E-state index in [9.17, 15) is 4.79 Å². The number of aryl methyl sites for hydroxylation is 1. The summed E-state index contributed by atoms with van der Waals surface area (Å²) >= 11 is 0. The van der Waals surface area contributed by atoms with Crippen LogP contribution in [0.15, 0.2) is 6.33 Å². The third-order valence-corrected chi connectivity index (χ3v) is 1.75. The number of likely N-dealkylation sites (N-methyl/N-ethyl adjacent to an activating group) is 1. The zero-order valence-electron chi connectivity index (χ0n) is 7.59. The molecule has 0 radical (unpaired) electrons. The van der Waals surface area contributed by atoms with E-state index in [0.717, 1.165) is 11.4 Å². The SMILES string of the molecule is Cc1[nH]cnc1CC(=O)N(C)C. The highest BCUT2D eigenvalue weighted by Gasteiger charge is 2.08. The first-order chi connectivity index (χ1) is 5.61. The molecule has 0 bridgehead atoms. The normalized spacial score (nSPS) is 9.92. The Hall–Kier alpha value is -1.32. The summed E-state index contributed by atoms with van der Waals surface area (Å²) in [6.45, 7) is 1.91. The second-order valence-corrected chi connectivity index (χ2v) is 2.94. The van der Waals surface area contributed by atoms with E-state index in [1.807, 2.05) is 6.92 Å². The van der Waals surface area contributed by atoms with Crippen molar-refractivity contribution in [2.24, 2.45) is 0 Å². The van der Waals surface area contributed by atoms with Crippen LogP contribution in [0.1, 0.15) is 11.4 Å². The van der Waals surface area contributed by atoms with Gasteiger partial charge in [0, 0.05) is 19.8 Å². The molecule has 0 aliphatic rings. The standard InChI is InChI=1S/C8H13N3O/c1-6-7(10-5-9-6)4-8(12)11(2)3/h5H,4H2,1-3H3,(H,9,10). The van der Waals surface area contributed by atoms with Gasteiger partial charge in [-0.15, -0.1) is 0 Å². The molecule has 4 nitrogen and oxygen atoms in total. The smallest absolute Gasteiger partial charge is 0.228 e. The zero-order chi connectivity index (χ0) is 9.14. The van der Waals surface area contributed by atoms with Gasteiger partial charge in [-0.25, -0.2) is 4.98 Å². The maximum Gasteiger partial charge on any atom is 0.228 e. The van der Waals surface area contributed by atoms with Gasteiger partial charge in [-0.3, -0.25) is 4.79 Å².